The lowest BCUT2D eigenvalue weighted by Crippen LogP contribution is -2.17. The molecular formula is C15H13Cl2NO3. The highest BCUT2D eigenvalue weighted by Crippen LogP contribution is 2.27. The van der Waals surface area contributed by atoms with Gasteiger partial charge in [0, 0.05) is 10.0 Å². The molecule has 0 radical (unpaired) electrons. The van der Waals surface area contributed by atoms with Gasteiger partial charge in [-0.25, -0.2) is 4.79 Å². The summed E-state index contributed by atoms with van der Waals surface area (Å²) in [5, 5.41) is 3.39. The van der Waals surface area contributed by atoms with Gasteiger partial charge >= 0.3 is 6.09 Å². The number of benzene rings is 2. The fourth-order valence-electron chi connectivity index (χ4n) is 1.75. The van der Waals surface area contributed by atoms with Gasteiger partial charge in [-0.05, 0) is 42.8 Å². The van der Waals surface area contributed by atoms with Crippen molar-refractivity contribution >= 4 is 35.0 Å². The summed E-state index contributed by atoms with van der Waals surface area (Å²) in [5.74, 6) is 0.804. The van der Waals surface area contributed by atoms with Crippen LogP contribution in [0.3, 0.4) is 0 Å². The Labute approximate surface area is 132 Å². The van der Waals surface area contributed by atoms with E-state index < -0.39 is 6.09 Å². The number of carbonyl (C=O) groups excluding carboxylic acids is 1. The molecule has 0 aliphatic carbocycles. The van der Waals surface area contributed by atoms with Crippen molar-refractivity contribution < 1.29 is 14.3 Å². The largest absolute Gasteiger partial charge is 0.495 e. The number of carbonyl (C=O) groups is 1. The van der Waals surface area contributed by atoms with Gasteiger partial charge in [0.2, 0.25) is 0 Å². The molecule has 21 heavy (non-hydrogen) atoms. The molecule has 0 fully saturated rings. The van der Waals surface area contributed by atoms with Crippen LogP contribution in [-0.4, -0.2) is 13.2 Å². The van der Waals surface area contributed by atoms with Crippen LogP contribution in [0.4, 0.5) is 10.5 Å². The summed E-state index contributed by atoms with van der Waals surface area (Å²) >= 11 is 11.7. The summed E-state index contributed by atoms with van der Waals surface area (Å²) in [6.07, 6.45) is -0.655. The first-order chi connectivity index (χ1) is 9.97. The number of rotatable bonds is 3. The second-order valence-corrected chi connectivity index (χ2v) is 5.20. The Morgan fingerprint density at radius 2 is 1.76 bits per heavy atom. The minimum Gasteiger partial charge on any atom is -0.495 e. The number of ether oxygens (including phenoxy) is 2. The molecule has 0 unspecified atom stereocenters. The molecule has 1 N–H and O–H groups in total. The van der Waals surface area contributed by atoms with Crippen LogP contribution < -0.4 is 14.8 Å². The molecule has 0 aliphatic rings. The maximum Gasteiger partial charge on any atom is 0.417 e. The van der Waals surface area contributed by atoms with E-state index in [-0.39, 0.29) is 5.75 Å². The van der Waals surface area contributed by atoms with Crippen LogP contribution in [0.25, 0.3) is 0 Å². The predicted octanol–water partition coefficient (Wildman–Crippen LogP) is 4.92. The molecule has 0 spiro atoms. The quantitative estimate of drug-likeness (QED) is 0.871. The zero-order valence-corrected chi connectivity index (χ0v) is 13.0. The number of hydrogen-bond acceptors (Lipinski definition) is 3. The molecule has 0 bridgehead atoms. The molecule has 0 atom stereocenters. The molecule has 0 saturated carbocycles. The van der Waals surface area contributed by atoms with Crippen molar-refractivity contribution in [2.24, 2.45) is 0 Å². The molecule has 0 aromatic heterocycles. The van der Waals surface area contributed by atoms with Crippen molar-refractivity contribution in [1.82, 2.24) is 0 Å². The average Bonchev–Trinajstić information content (AvgIpc) is 2.37. The van der Waals surface area contributed by atoms with Crippen molar-refractivity contribution in [3.05, 3.63) is 52.0 Å². The first-order valence-corrected chi connectivity index (χ1v) is 6.83. The summed E-state index contributed by atoms with van der Waals surface area (Å²) in [4.78, 5) is 11.9. The molecule has 2 aromatic rings. The molecule has 0 aliphatic heterocycles. The van der Waals surface area contributed by atoms with E-state index in [2.05, 4.69) is 5.32 Å². The lowest BCUT2D eigenvalue weighted by Gasteiger charge is -2.11. The summed E-state index contributed by atoms with van der Waals surface area (Å²) in [7, 11) is 1.53. The number of halogens is 2. The van der Waals surface area contributed by atoms with Crippen molar-refractivity contribution in [2.75, 3.05) is 12.4 Å². The highest BCUT2D eigenvalue weighted by atomic mass is 35.5. The van der Waals surface area contributed by atoms with E-state index in [1.165, 1.54) is 19.2 Å². The van der Waals surface area contributed by atoms with Gasteiger partial charge in [0.05, 0.1) is 12.8 Å². The third-order valence-electron chi connectivity index (χ3n) is 2.64. The second-order valence-electron chi connectivity index (χ2n) is 4.32. The topological polar surface area (TPSA) is 47.6 Å². The van der Waals surface area contributed by atoms with Gasteiger partial charge in [0.15, 0.2) is 0 Å². The van der Waals surface area contributed by atoms with Crippen LogP contribution in [0.5, 0.6) is 11.5 Å². The average molecular weight is 326 g/mol. The van der Waals surface area contributed by atoms with Gasteiger partial charge in [0.25, 0.3) is 0 Å². The highest BCUT2D eigenvalue weighted by molar-refractivity contribution is 6.34. The van der Waals surface area contributed by atoms with E-state index in [1.807, 2.05) is 13.0 Å². The first-order valence-electron chi connectivity index (χ1n) is 6.07. The van der Waals surface area contributed by atoms with Crippen LogP contribution in [0.2, 0.25) is 10.0 Å². The molecule has 4 nitrogen and oxygen atoms in total. The maximum absolute atomic E-state index is 11.9. The maximum atomic E-state index is 11.9. The standard InChI is InChI=1S/C15H13Cl2NO3/c1-9-3-4-14(20-2)13(5-9)18-15(19)21-12-7-10(16)6-11(17)8-12/h3-8H,1-2H3,(H,18,19). The van der Waals surface area contributed by atoms with E-state index in [9.17, 15) is 4.79 Å². The normalized spacial score (nSPS) is 10.1. The fourth-order valence-corrected chi connectivity index (χ4v) is 2.26. The summed E-state index contributed by atoms with van der Waals surface area (Å²) in [6.45, 7) is 1.91. The monoisotopic (exact) mass is 325 g/mol. The summed E-state index contributed by atoms with van der Waals surface area (Å²) in [6, 6.07) is 9.98. The number of aryl methyl sites for hydroxylation is 1. The summed E-state index contributed by atoms with van der Waals surface area (Å²) in [5.41, 5.74) is 1.51. The minimum atomic E-state index is -0.655. The highest BCUT2D eigenvalue weighted by Gasteiger charge is 2.10. The number of nitrogens with one attached hydrogen (secondary N) is 1. The van der Waals surface area contributed by atoms with Gasteiger partial charge < -0.3 is 9.47 Å². The van der Waals surface area contributed by atoms with Crippen molar-refractivity contribution in [1.29, 1.82) is 0 Å². The predicted molar refractivity (Wildman–Crippen MR) is 83.8 cm³/mol. The van der Waals surface area contributed by atoms with E-state index in [0.29, 0.717) is 21.5 Å². The molecule has 0 saturated heterocycles. The Kier molecular flexibility index (Phi) is 4.94. The molecule has 2 aromatic carbocycles. The molecule has 0 heterocycles. The molecule has 1 amide bonds. The van der Waals surface area contributed by atoms with Crippen molar-refractivity contribution in [3.8, 4) is 11.5 Å². The van der Waals surface area contributed by atoms with Gasteiger partial charge in [-0.2, -0.15) is 0 Å². The minimum absolute atomic E-state index is 0.261. The zero-order chi connectivity index (χ0) is 15.4. The van der Waals surface area contributed by atoms with Crippen LogP contribution in [0.1, 0.15) is 5.56 Å². The molecular weight excluding hydrogens is 313 g/mol. The van der Waals surface area contributed by atoms with E-state index in [4.69, 9.17) is 32.7 Å². The number of hydrogen-bond donors (Lipinski definition) is 1. The molecule has 110 valence electrons. The van der Waals surface area contributed by atoms with Gasteiger partial charge in [-0.15, -0.1) is 0 Å². The molecule has 6 heteroatoms. The number of anilines is 1. The van der Waals surface area contributed by atoms with Crippen LogP contribution in [0, 0.1) is 6.92 Å². The molecule has 2 rings (SSSR count). The van der Waals surface area contributed by atoms with Crippen molar-refractivity contribution in [3.63, 3.8) is 0 Å². The SMILES string of the molecule is COc1ccc(C)cc1NC(=O)Oc1cc(Cl)cc(Cl)c1. The Balaban J connectivity index is 2.13. The van der Waals surface area contributed by atoms with Crippen LogP contribution in [-0.2, 0) is 0 Å². The van der Waals surface area contributed by atoms with Gasteiger partial charge in [-0.3, -0.25) is 5.32 Å². The van der Waals surface area contributed by atoms with Crippen LogP contribution >= 0.6 is 23.2 Å². The van der Waals surface area contributed by atoms with Gasteiger partial charge in [0.1, 0.15) is 11.5 Å². The van der Waals surface area contributed by atoms with E-state index >= 15 is 0 Å². The van der Waals surface area contributed by atoms with Crippen molar-refractivity contribution in [2.45, 2.75) is 6.92 Å². The smallest absolute Gasteiger partial charge is 0.417 e. The van der Waals surface area contributed by atoms with E-state index in [0.717, 1.165) is 5.56 Å². The second kappa shape index (κ2) is 6.70. The fraction of sp³-hybridized carbons (Fsp3) is 0.133. The lowest BCUT2D eigenvalue weighted by atomic mass is 10.2. The Bertz CT molecular complexity index is 654. The third-order valence-corrected chi connectivity index (χ3v) is 3.07. The lowest BCUT2D eigenvalue weighted by molar-refractivity contribution is 0.215. The zero-order valence-electron chi connectivity index (χ0n) is 11.4. The number of methoxy groups -OCH3 is 1. The third kappa shape index (κ3) is 4.28. The summed E-state index contributed by atoms with van der Waals surface area (Å²) < 4.78 is 10.3. The Morgan fingerprint density at radius 1 is 1.10 bits per heavy atom. The Morgan fingerprint density at radius 3 is 2.38 bits per heavy atom. The van der Waals surface area contributed by atoms with E-state index in [1.54, 1.807) is 18.2 Å². The van der Waals surface area contributed by atoms with Gasteiger partial charge in [-0.1, -0.05) is 29.3 Å². The number of amides is 1. The van der Waals surface area contributed by atoms with Crippen LogP contribution in [0.15, 0.2) is 36.4 Å². The Hall–Kier alpha value is -1.91. The first kappa shape index (κ1) is 15.5.